The molecule has 0 aromatic carbocycles. The van der Waals surface area contributed by atoms with Crippen molar-refractivity contribution in [3.8, 4) is 0 Å². The van der Waals surface area contributed by atoms with Gasteiger partial charge in [0.1, 0.15) is 18.1 Å². The molecule has 1 rings (SSSR count). The van der Waals surface area contributed by atoms with Crippen molar-refractivity contribution in [3.05, 3.63) is 63.6 Å². The first-order valence-electron chi connectivity index (χ1n) is 10.0. The number of carbonyl (C=O) groups is 2. The third-order valence-electron chi connectivity index (χ3n) is 4.27. The molecule has 0 aliphatic rings. The summed E-state index contributed by atoms with van der Waals surface area (Å²) >= 11 is 9.34. The lowest BCUT2D eigenvalue weighted by atomic mass is 10.2. The van der Waals surface area contributed by atoms with Crippen molar-refractivity contribution in [3.63, 3.8) is 0 Å². The zero-order valence-corrected chi connectivity index (χ0v) is 21.2. The highest BCUT2D eigenvalue weighted by molar-refractivity contribution is 9.10. The largest absolute Gasteiger partial charge is 0.463 e. The molecule has 0 bridgehead atoms. The molecule has 180 valence electrons. The van der Waals surface area contributed by atoms with Gasteiger partial charge in [-0.05, 0) is 39.0 Å². The van der Waals surface area contributed by atoms with Crippen LogP contribution < -0.4 is 27.1 Å². The average molecular weight is 544 g/mol. The maximum Gasteiger partial charge on any atom is 0.348 e. The quantitative estimate of drug-likeness (QED) is 0.160. The van der Waals surface area contributed by atoms with E-state index in [1.54, 1.807) is 11.5 Å². The topological polar surface area (TPSA) is 155 Å². The summed E-state index contributed by atoms with van der Waals surface area (Å²) in [5.41, 5.74) is 16.9. The number of nitrogens with two attached hydrogens (primary N) is 3. The summed E-state index contributed by atoms with van der Waals surface area (Å²) < 4.78 is 9.61. The molecule has 0 saturated carbocycles. The predicted molar refractivity (Wildman–Crippen MR) is 131 cm³/mol. The van der Waals surface area contributed by atoms with Gasteiger partial charge in [-0.2, -0.15) is 0 Å². The van der Waals surface area contributed by atoms with Crippen LogP contribution in [0.2, 0.25) is 0 Å². The van der Waals surface area contributed by atoms with Crippen LogP contribution in [0.4, 0.5) is 0 Å². The molecule has 0 aliphatic carbocycles. The number of halogens is 2. The number of aliphatic imine (C=N–C) groups is 1. The number of carbonyl (C=O) groups excluding carboxylic acids is 2. The van der Waals surface area contributed by atoms with E-state index in [4.69, 9.17) is 33.5 Å². The number of nitrogens with zero attached hydrogens (tertiary/aromatic N) is 3. The van der Waals surface area contributed by atoms with Gasteiger partial charge in [0.2, 0.25) is 0 Å². The molecule has 0 atom stereocenters. The van der Waals surface area contributed by atoms with Crippen LogP contribution in [-0.4, -0.2) is 28.8 Å². The van der Waals surface area contributed by atoms with Crippen molar-refractivity contribution in [1.82, 2.24) is 9.88 Å². The number of rotatable bonds is 9. The number of aryl methyl sites for hydroxylation is 2. The van der Waals surface area contributed by atoms with Crippen molar-refractivity contribution in [2.75, 3.05) is 6.61 Å². The fourth-order valence-corrected chi connectivity index (χ4v) is 3.00. The zero-order valence-electron chi connectivity index (χ0n) is 18.9. The molecule has 0 spiro atoms. The van der Waals surface area contributed by atoms with Gasteiger partial charge in [-0.1, -0.05) is 34.1 Å². The Hall–Kier alpha value is -3.05. The van der Waals surface area contributed by atoms with E-state index in [0.29, 0.717) is 12.4 Å². The second kappa shape index (κ2) is 13.5. The number of hydrogen-bond acceptors (Lipinski definition) is 7. The molecule has 0 aliphatic heterocycles. The molecule has 1 heterocycles. The summed E-state index contributed by atoms with van der Waals surface area (Å²) in [7, 11) is 0. The average Bonchev–Trinajstić information content (AvgIpc) is 2.80. The van der Waals surface area contributed by atoms with Crippen molar-refractivity contribution in [2.45, 2.75) is 40.4 Å². The second-order valence-electron chi connectivity index (χ2n) is 6.68. The Morgan fingerprint density at radius 1 is 1.27 bits per heavy atom. The molecule has 10 nitrogen and oxygen atoms in total. The van der Waals surface area contributed by atoms with Gasteiger partial charge in [-0.15, -0.1) is 0 Å². The molecular formula is C21H30BrClN7O3+. The Morgan fingerprint density at radius 3 is 2.48 bits per heavy atom. The standard InChI is InChI=1S/C21H29BrClN7O3/c1-5-29-10-9-15(22)8-7-13(3)30(12-17(31)33-6-2)16(29)11-27-21(32)18(14(4)24)28-19(23)20(25)26/h7-10H,4-6,11-12,24H2,1-3H3,(H4-,25,26,27,32)/p+1. The van der Waals surface area contributed by atoms with Gasteiger partial charge in [-0.3, -0.25) is 4.79 Å². The first-order valence-corrected chi connectivity index (χ1v) is 11.2. The van der Waals surface area contributed by atoms with E-state index >= 15 is 0 Å². The van der Waals surface area contributed by atoms with Gasteiger partial charge in [0.25, 0.3) is 11.7 Å². The molecule has 0 unspecified atom stereocenters. The van der Waals surface area contributed by atoms with Gasteiger partial charge >= 0.3 is 5.97 Å². The van der Waals surface area contributed by atoms with E-state index in [1.807, 2.05) is 42.8 Å². The molecule has 0 fully saturated rings. The molecule has 1 aromatic heterocycles. The summed E-state index contributed by atoms with van der Waals surface area (Å²) in [6.45, 7) is 9.84. The normalized spacial score (nSPS) is 10.8. The van der Waals surface area contributed by atoms with Crippen LogP contribution in [0, 0.1) is 6.92 Å². The number of hydrogen-bond donors (Lipinski definition) is 4. The summed E-state index contributed by atoms with van der Waals surface area (Å²) in [5, 5.41) is 2.46. The van der Waals surface area contributed by atoms with E-state index in [9.17, 15) is 9.59 Å². The molecule has 12 heteroatoms. The van der Waals surface area contributed by atoms with Crippen LogP contribution in [0.25, 0.3) is 0 Å². The summed E-state index contributed by atoms with van der Waals surface area (Å²) in [4.78, 5) is 29.0. The second-order valence-corrected chi connectivity index (χ2v) is 7.96. The van der Waals surface area contributed by atoms with Crippen LogP contribution in [0.1, 0.15) is 25.4 Å². The van der Waals surface area contributed by atoms with Crippen LogP contribution in [-0.2, 0) is 34.0 Å². The minimum Gasteiger partial charge on any atom is -0.463 e. The van der Waals surface area contributed by atoms with Gasteiger partial charge in [-0.25, -0.2) is 18.9 Å². The van der Waals surface area contributed by atoms with Gasteiger partial charge in [0.05, 0.1) is 25.0 Å². The highest BCUT2D eigenvalue weighted by Crippen LogP contribution is 2.09. The third-order valence-corrected chi connectivity index (χ3v) is 5.11. The van der Waals surface area contributed by atoms with Crippen LogP contribution in [0.3, 0.4) is 0 Å². The lowest BCUT2D eigenvalue weighted by Gasteiger charge is -2.12. The van der Waals surface area contributed by atoms with E-state index in [1.165, 1.54) is 0 Å². The van der Waals surface area contributed by atoms with Crippen molar-refractivity contribution in [2.24, 2.45) is 22.2 Å². The number of amides is 1. The summed E-state index contributed by atoms with van der Waals surface area (Å²) in [6.07, 6.45) is 1.83. The third kappa shape index (κ3) is 8.78. The first-order chi connectivity index (χ1) is 15.5. The molecule has 1 aromatic rings. The van der Waals surface area contributed by atoms with Gasteiger partial charge < -0.3 is 27.3 Å². The van der Waals surface area contributed by atoms with Crippen LogP contribution in [0.15, 0.2) is 57.1 Å². The Balaban J connectivity index is 3.57. The number of aromatic nitrogens is 2. The SMILES string of the molecule is C=C(N)C(=NC(Cl)=C(N)N)C(=O)NCc1n(CC(=O)OCC)c(C)ccc(Br)cc[n+]1CC. The van der Waals surface area contributed by atoms with Crippen LogP contribution in [0.5, 0.6) is 0 Å². The summed E-state index contributed by atoms with van der Waals surface area (Å²) in [6, 6.07) is 5.55. The fraction of sp³-hybridized carbons (Fsp3) is 0.333. The molecule has 0 radical (unpaired) electrons. The minimum atomic E-state index is -0.647. The van der Waals surface area contributed by atoms with E-state index < -0.39 is 11.9 Å². The monoisotopic (exact) mass is 542 g/mol. The Morgan fingerprint density at radius 2 is 1.94 bits per heavy atom. The molecule has 0 saturated heterocycles. The number of nitrogens with one attached hydrogen (secondary N) is 1. The lowest BCUT2D eigenvalue weighted by Crippen LogP contribution is -2.44. The molecule has 1 amide bonds. The zero-order chi connectivity index (χ0) is 25.1. The Bertz CT molecular complexity index is 1030. The molecule has 33 heavy (non-hydrogen) atoms. The van der Waals surface area contributed by atoms with Crippen molar-refractivity contribution in [1.29, 1.82) is 0 Å². The lowest BCUT2D eigenvalue weighted by molar-refractivity contribution is -0.704. The maximum atomic E-state index is 12.8. The Kier molecular flexibility index (Phi) is 11.4. The maximum absolute atomic E-state index is 12.8. The fourth-order valence-electron chi connectivity index (χ4n) is 2.66. The minimum absolute atomic E-state index is 0.0188. The number of ether oxygens (including phenoxy) is 1. The number of esters is 1. The molecular weight excluding hydrogens is 514 g/mol. The van der Waals surface area contributed by atoms with Gasteiger partial charge in [0.15, 0.2) is 17.4 Å². The van der Waals surface area contributed by atoms with Crippen LogP contribution >= 0.6 is 27.5 Å². The van der Waals surface area contributed by atoms with E-state index in [2.05, 4.69) is 32.8 Å². The van der Waals surface area contributed by atoms with Gasteiger partial charge in [0, 0.05) is 4.47 Å². The van der Waals surface area contributed by atoms with Crippen molar-refractivity contribution < 1.29 is 18.9 Å². The van der Waals surface area contributed by atoms with E-state index in [0.717, 1.165) is 10.2 Å². The Labute approximate surface area is 206 Å². The summed E-state index contributed by atoms with van der Waals surface area (Å²) in [5.74, 6) is -0.715. The van der Waals surface area contributed by atoms with E-state index in [-0.39, 0.29) is 42.1 Å². The first kappa shape index (κ1) is 28.0. The predicted octanol–water partition coefficient (Wildman–Crippen LogP) is 1.37. The highest BCUT2D eigenvalue weighted by Gasteiger charge is 2.21. The smallest absolute Gasteiger partial charge is 0.348 e. The molecule has 7 N–H and O–H groups in total. The van der Waals surface area contributed by atoms with Crippen molar-refractivity contribution >= 4 is 45.1 Å². The highest BCUT2D eigenvalue weighted by atomic mass is 79.9.